The number of nitrogens with zero attached hydrogens (tertiary/aromatic N) is 2. The number of hydrogen-bond acceptors (Lipinski definition) is 2. The van der Waals surface area contributed by atoms with Crippen LogP contribution in [0.1, 0.15) is 5.69 Å². The maximum atomic E-state index is 12.2. The summed E-state index contributed by atoms with van der Waals surface area (Å²) in [5.74, 6) is 0. The number of aromatic nitrogens is 2. The average molecular weight is 217 g/mol. The molecule has 2 aromatic rings. The summed E-state index contributed by atoms with van der Waals surface area (Å²) in [7, 11) is 0. The predicted molar refractivity (Wildman–Crippen MR) is 45.3 cm³/mol. The highest BCUT2D eigenvalue weighted by Crippen LogP contribution is 2.27. The Morgan fingerprint density at radius 1 is 1.36 bits per heavy atom. The van der Waals surface area contributed by atoms with Crippen LogP contribution in [0.2, 0.25) is 0 Å². The van der Waals surface area contributed by atoms with Gasteiger partial charge in [0.15, 0.2) is 5.69 Å². The van der Waals surface area contributed by atoms with Crippen LogP contribution in [0.4, 0.5) is 13.2 Å². The third-order valence-corrected chi connectivity index (χ3v) is 2.18. The zero-order valence-corrected chi connectivity index (χ0v) is 7.56. The van der Waals surface area contributed by atoms with Crippen molar-refractivity contribution in [3.63, 3.8) is 0 Å². The maximum absolute atomic E-state index is 12.2. The molecule has 0 saturated carbocycles. The highest BCUT2D eigenvalue weighted by molar-refractivity contribution is 7.07. The van der Waals surface area contributed by atoms with Crippen LogP contribution in [0.5, 0.6) is 0 Å². The van der Waals surface area contributed by atoms with Gasteiger partial charge in [0.25, 0.3) is 0 Å². The minimum Gasteiger partial charge on any atom is -0.239 e. The molecule has 0 saturated heterocycles. The molecule has 0 N–H and O–H groups in total. The molecule has 0 bridgehead atoms. The van der Waals surface area contributed by atoms with Gasteiger partial charge in [-0.25, -0.2) is 4.68 Å². The van der Waals surface area contributed by atoms with Crippen molar-refractivity contribution in [2.75, 3.05) is 0 Å². The van der Waals surface area contributed by atoms with Gasteiger partial charge in [0.1, 0.15) is 0 Å². The van der Waals surface area contributed by atoms with Gasteiger partial charge in [0.2, 0.25) is 0 Å². The first kappa shape index (κ1) is 9.26. The van der Waals surface area contributed by atoms with Crippen LogP contribution in [-0.2, 0) is 6.18 Å². The lowest BCUT2D eigenvalue weighted by Crippen LogP contribution is -2.06. The van der Waals surface area contributed by atoms with E-state index in [4.69, 9.17) is 0 Å². The van der Waals surface area contributed by atoms with Crippen molar-refractivity contribution in [2.45, 2.75) is 6.18 Å². The minimum atomic E-state index is -4.39. The van der Waals surface area contributed by atoms with Gasteiger partial charge in [-0.1, -0.05) is 0 Å². The van der Waals surface area contributed by atoms with Crippen molar-refractivity contribution in [1.29, 1.82) is 0 Å². The molecule has 2 heterocycles. The van der Waals surface area contributed by atoms with Gasteiger partial charge >= 0.3 is 6.18 Å². The monoisotopic (exact) mass is 217 g/mol. The van der Waals surface area contributed by atoms with Gasteiger partial charge in [-0.2, -0.15) is 18.3 Å². The molecule has 0 amide bonds. The lowest BCUT2D eigenvalue weighted by Gasteiger charge is -2.00. The molecule has 1 radical (unpaired) electrons. The van der Waals surface area contributed by atoms with Crippen molar-refractivity contribution < 1.29 is 13.2 Å². The molecule has 2 nitrogen and oxygen atoms in total. The Morgan fingerprint density at radius 3 is 2.64 bits per heavy atom. The lowest BCUT2D eigenvalue weighted by atomic mass is 10.4. The molecule has 73 valence electrons. The van der Waals surface area contributed by atoms with Gasteiger partial charge in [-0.05, 0) is 17.5 Å². The summed E-state index contributed by atoms with van der Waals surface area (Å²) in [4.78, 5) is 0. The Kier molecular flexibility index (Phi) is 2.07. The van der Waals surface area contributed by atoms with E-state index >= 15 is 0 Å². The number of hydrogen-bond donors (Lipinski definition) is 0. The van der Waals surface area contributed by atoms with Crippen LogP contribution in [-0.4, -0.2) is 9.78 Å². The Bertz CT molecular complexity index is 416. The smallest absolute Gasteiger partial charge is 0.239 e. The molecule has 0 unspecified atom stereocenters. The molecule has 0 aliphatic rings. The summed E-state index contributed by atoms with van der Waals surface area (Å²) in [5, 5.41) is 7.91. The Hall–Kier alpha value is -1.30. The summed E-state index contributed by atoms with van der Waals surface area (Å²) >= 11 is 1.28. The zero-order chi connectivity index (χ0) is 10.2. The normalized spacial score (nSPS) is 11.9. The van der Waals surface area contributed by atoms with Crippen molar-refractivity contribution >= 4 is 11.3 Å². The van der Waals surface area contributed by atoms with Crippen LogP contribution < -0.4 is 0 Å². The fourth-order valence-corrected chi connectivity index (χ4v) is 1.51. The van der Waals surface area contributed by atoms with Crippen LogP contribution in [0.3, 0.4) is 0 Å². The van der Waals surface area contributed by atoms with Gasteiger partial charge in [0.05, 0.1) is 11.1 Å². The highest BCUT2D eigenvalue weighted by atomic mass is 32.1. The van der Waals surface area contributed by atoms with Crippen LogP contribution in [0.25, 0.3) is 5.69 Å². The second kappa shape index (κ2) is 3.13. The van der Waals surface area contributed by atoms with E-state index < -0.39 is 11.9 Å². The van der Waals surface area contributed by atoms with Gasteiger partial charge in [-0.15, -0.1) is 11.3 Å². The SMILES string of the molecule is FC(F)(F)c1ccn(-c2[c]scc2)n1. The Balaban J connectivity index is 2.36. The first-order valence-corrected chi connectivity index (χ1v) is 4.54. The van der Waals surface area contributed by atoms with E-state index in [1.54, 1.807) is 11.4 Å². The quantitative estimate of drug-likeness (QED) is 0.718. The molecule has 2 rings (SSSR count). The van der Waals surface area contributed by atoms with E-state index in [0.29, 0.717) is 5.69 Å². The average Bonchev–Trinajstić information content (AvgIpc) is 2.73. The fourth-order valence-electron chi connectivity index (χ4n) is 0.959. The standard InChI is InChI=1S/C8H4F3N2S/c9-8(10,11)7-1-3-13(12-7)6-2-4-14-5-6/h1-4H. The van der Waals surface area contributed by atoms with Crippen molar-refractivity contribution in [1.82, 2.24) is 9.78 Å². The molecule has 0 aromatic carbocycles. The molecular formula is C8H4F3N2S. The minimum absolute atomic E-state index is 0.519. The van der Waals surface area contributed by atoms with E-state index in [1.165, 1.54) is 17.5 Å². The van der Waals surface area contributed by atoms with Gasteiger partial charge < -0.3 is 0 Å². The molecule has 0 spiro atoms. The maximum Gasteiger partial charge on any atom is 0.435 e. The predicted octanol–water partition coefficient (Wildman–Crippen LogP) is 2.75. The Morgan fingerprint density at radius 2 is 2.14 bits per heavy atom. The van der Waals surface area contributed by atoms with Crippen molar-refractivity contribution in [3.8, 4) is 5.69 Å². The highest BCUT2D eigenvalue weighted by Gasteiger charge is 2.33. The van der Waals surface area contributed by atoms with E-state index in [-0.39, 0.29) is 0 Å². The molecule has 0 aliphatic carbocycles. The summed E-state index contributed by atoms with van der Waals surface area (Å²) in [6, 6.07) is 2.59. The summed E-state index contributed by atoms with van der Waals surface area (Å²) < 4.78 is 37.6. The summed E-state index contributed by atoms with van der Waals surface area (Å²) in [6.45, 7) is 0. The number of thiophene rings is 1. The van der Waals surface area contributed by atoms with Crippen LogP contribution in [0, 0.1) is 5.38 Å². The Labute approximate surface area is 81.6 Å². The first-order valence-electron chi connectivity index (χ1n) is 3.66. The molecule has 0 aliphatic heterocycles. The molecule has 2 aromatic heterocycles. The lowest BCUT2D eigenvalue weighted by molar-refractivity contribution is -0.141. The zero-order valence-electron chi connectivity index (χ0n) is 6.75. The third-order valence-electron chi connectivity index (χ3n) is 1.58. The molecule has 6 heteroatoms. The molecule has 14 heavy (non-hydrogen) atoms. The van der Waals surface area contributed by atoms with Crippen LogP contribution in [0.15, 0.2) is 23.7 Å². The second-order valence-corrected chi connectivity index (χ2v) is 3.26. The summed E-state index contributed by atoms with van der Waals surface area (Å²) in [5.41, 5.74) is -0.373. The van der Waals surface area contributed by atoms with Gasteiger partial charge in [0, 0.05) is 6.20 Å². The molecule has 0 fully saturated rings. The first-order chi connectivity index (χ1) is 6.57. The van der Waals surface area contributed by atoms with Crippen LogP contribution >= 0.6 is 11.3 Å². The van der Waals surface area contributed by atoms with E-state index in [0.717, 1.165) is 10.7 Å². The van der Waals surface area contributed by atoms with Gasteiger partial charge in [-0.3, -0.25) is 0 Å². The molecule has 0 atom stereocenters. The van der Waals surface area contributed by atoms with E-state index in [1.807, 2.05) is 0 Å². The number of rotatable bonds is 1. The van der Waals surface area contributed by atoms with Crippen molar-refractivity contribution in [3.05, 3.63) is 34.8 Å². The largest absolute Gasteiger partial charge is 0.435 e. The number of halogens is 3. The topological polar surface area (TPSA) is 17.8 Å². The fraction of sp³-hybridized carbons (Fsp3) is 0.125. The summed E-state index contributed by atoms with van der Waals surface area (Å²) in [6.07, 6.45) is -3.12. The van der Waals surface area contributed by atoms with E-state index in [2.05, 4.69) is 10.5 Å². The second-order valence-electron chi connectivity index (χ2n) is 2.55. The van der Waals surface area contributed by atoms with Crippen molar-refractivity contribution in [2.24, 2.45) is 0 Å². The third kappa shape index (κ3) is 1.65. The number of alkyl halides is 3. The molecular weight excluding hydrogens is 213 g/mol. The van der Waals surface area contributed by atoms with E-state index in [9.17, 15) is 13.2 Å².